The summed E-state index contributed by atoms with van der Waals surface area (Å²) in [6.07, 6.45) is 2.30. The number of aliphatic hydroxyl groups is 1. The van der Waals surface area contributed by atoms with E-state index in [1.807, 2.05) is 24.3 Å². The highest BCUT2D eigenvalue weighted by atomic mass is 16.5. The molecule has 0 spiro atoms. The fourth-order valence-electron chi connectivity index (χ4n) is 2.68. The van der Waals surface area contributed by atoms with Gasteiger partial charge in [0.25, 0.3) is 0 Å². The molecule has 1 aliphatic rings. The van der Waals surface area contributed by atoms with Crippen molar-refractivity contribution in [3.63, 3.8) is 0 Å². The number of hydrogen-bond donors (Lipinski definition) is 3. The third kappa shape index (κ3) is 2.57. The summed E-state index contributed by atoms with van der Waals surface area (Å²) in [5, 5.41) is 23.1. The van der Waals surface area contributed by atoms with E-state index in [4.69, 9.17) is 4.74 Å². The molecule has 5 heteroatoms. The first-order valence-corrected chi connectivity index (χ1v) is 6.96. The van der Waals surface area contributed by atoms with Gasteiger partial charge in [0.15, 0.2) is 0 Å². The number of fused-ring (bicyclic) bond motifs is 1. The average Bonchev–Trinajstić information content (AvgIpc) is 2.54. The molecule has 3 N–H and O–H groups in total. The maximum atomic E-state index is 9.93. The molecule has 5 nitrogen and oxygen atoms in total. The van der Waals surface area contributed by atoms with Gasteiger partial charge >= 0.3 is 0 Å². The number of pyridine rings is 1. The van der Waals surface area contributed by atoms with Gasteiger partial charge in [0, 0.05) is 24.7 Å². The number of nitrogens with zero attached hydrogens (tertiary/aromatic N) is 1. The van der Waals surface area contributed by atoms with Crippen molar-refractivity contribution in [2.24, 2.45) is 0 Å². The molecule has 0 saturated carbocycles. The molecule has 0 radical (unpaired) electrons. The molecule has 1 aromatic carbocycles. The van der Waals surface area contributed by atoms with Gasteiger partial charge in [-0.3, -0.25) is 10.3 Å². The zero-order valence-electron chi connectivity index (χ0n) is 11.6. The molecule has 0 amide bonds. The molecule has 110 valence electrons. The highest BCUT2D eigenvalue weighted by Gasteiger charge is 2.36. The summed E-state index contributed by atoms with van der Waals surface area (Å²) < 4.78 is 5.64. The summed E-state index contributed by atoms with van der Waals surface area (Å²) in [4.78, 5) is 4.16. The first kappa shape index (κ1) is 13.9. The van der Waals surface area contributed by atoms with Crippen LogP contribution in [0.4, 0.5) is 0 Å². The molecule has 0 aliphatic carbocycles. The predicted octanol–water partition coefficient (Wildman–Crippen LogP) is 1.55. The fourth-order valence-corrected chi connectivity index (χ4v) is 2.68. The van der Waals surface area contributed by atoms with Crippen LogP contribution in [0, 0.1) is 0 Å². The van der Waals surface area contributed by atoms with Crippen molar-refractivity contribution in [2.75, 3.05) is 13.2 Å². The molecule has 3 rings (SSSR count). The van der Waals surface area contributed by atoms with Crippen LogP contribution >= 0.6 is 0 Å². The van der Waals surface area contributed by atoms with Crippen LogP contribution in [0.2, 0.25) is 0 Å². The van der Waals surface area contributed by atoms with Crippen LogP contribution in [0.1, 0.15) is 17.7 Å². The number of aromatic nitrogens is 1. The van der Waals surface area contributed by atoms with Crippen molar-refractivity contribution in [2.45, 2.75) is 18.5 Å². The third-order valence-electron chi connectivity index (χ3n) is 3.92. The number of rotatable bonds is 4. The zero-order chi connectivity index (χ0) is 14.7. The molecule has 1 aliphatic heterocycles. The predicted molar refractivity (Wildman–Crippen MR) is 78.1 cm³/mol. The van der Waals surface area contributed by atoms with E-state index in [0.717, 1.165) is 11.3 Å². The van der Waals surface area contributed by atoms with Gasteiger partial charge < -0.3 is 14.9 Å². The van der Waals surface area contributed by atoms with Crippen LogP contribution in [0.3, 0.4) is 0 Å². The number of aromatic hydroxyl groups is 1. The average molecular weight is 286 g/mol. The quantitative estimate of drug-likeness (QED) is 0.795. The van der Waals surface area contributed by atoms with E-state index in [-0.39, 0.29) is 12.4 Å². The van der Waals surface area contributed by atoms with E-state index >= 15 is 0 Å². The molecule has 0 saturated heterocycles. The van der Waals surface area contributed by atoms with Gasteiger partial charge in [0.05, 0.1) is 24.4 Å². The van der Waals surface area contributed by atoms with E-state index in [1.165, 1.54) is 0 Å². The molecule has 1 unspecified atom stereocenters. The number of benzene rings is 1. The second kappa shape index (κ2) is 5.71. The van der Waals surface area contributed by atoms with Crippen molar-refractivity contribution in [3.8, 4) is 11.5 Å². The van der Waals surface area contributed by atoms with Crippen molar-refractivity contribution in [1.82, 2.24) is 10.3 Å². The maximum absolute atomic E-state index is 9.93. The Morgan fingerprint density at radius 3 is 2.90 bits per heavy atom. The SMILES string of the molecule is OCC1(NCc2ncccc2O)CCOc2ccccc21. The Morgan fingerprint density at radius 1 is 1.24 bits per heavy atom. The van der Waals surface area contributed by atoms with Gasteiger partial charge in [-0.05, 0) is 18.2 Å². The highest BCUT2D eigenvalue weighted by molar-refractivity contribution is 5.41. The van der Waals surface area contributed by atoms with Crippen LogP contribution in [0.5, 0.6) is 11.5 Å². The molecule has 21 heavy (non-hydrogen) atoms. The Hall–Kier alpha value is -2.11. The van der Waals surface area contributed by atoms with Crippen molar-refractivity contribution in [3.05, 3.63) is 53.9 Å². The lowest BCUT2D eigenvalue weighted by atomic mass is 9.85. The van der Waals surface area contributed by atoms with Gasteiger partial charge in [-0.2, -0.15) is 0 Å². The van der Waals surface area contributed by atoms with E-state index in [2.05, 4.69) is 10.3 Å². The minimum atomic E-state index is -0.571. The third-order valence-corrected chi connectivity index (χ3v) is 3.92. The van der Waals surface area contributed by atoms with Crippen LogP contribution < -0.4 is 10.1 Å². The molecule has 0 fully saturated rings. The van der Waals surface area contributed by atoms with Crippen LogP contribution in [0.25, 0.3) is 0 Å². The van der Waals surface area contributed by atoms with Gasteiger partial charge in [-0.25, -0.2) is 0 Å². The zero-order valence-corrected chi connectivity index (χ0v) is 11.6. The summed E-state index contributed by atoms with van der Waals surface area (Å²) >= 11 is 0. The van der Waals surface area contributed by atoms with Gasteiger partial charge in [0.2, 0.25) is 0 Å². The smallest absolute Gasteiger partial charge is 0.138 e. The van der Waals surface area contributed by atoms with Crippen molar-refractivity contribution in [1.29, 1.82) is 0 Å². The Labute approximate surface area is 123 Å². The lowest BCUT2D eigenvalue weighted by Crippen LogP contribution is -2.48. The summed E-state index contributed by atoms with van der Waals surface area (Å²) in [6, 6.07) is 11.0. The first-order chi connectivity index (χ1) is 10.2. The molecular weight excluding hydrogens is 268 g/mol. The lowest BCUT2D eigenvalue weighted by Gasteiger charge is -2.38. The lowest BCUT2D eigenvalue weighted by molar-refractivity contribution is 0.105. The Bertz CT molecular complexity index is 632. The molecule has 0 bridgehead atoms. The molecular formula is C16H18N2O3. The molecule has 2 heterocycles. The normalized spacial score (nSPS) is 20.6. The number of hydrogen-bond acceptors (Lipinski definition) is 5. The van der Waals surface area contributed by atoms with Crippen molar-refractivity contribution >= 4 is 0 Å². The van der Waals surface area contributed by atoms with Crippen LogP contribution in [-0.2, 0) is 12.1 Å². The second-order valence-electron chi connectivity index (χ2n) is 5.16. The summed E-state index contributed by atoms with van der Waals surface area (Å²) in [7, 11) is 0. The monoisotopic (exact) mass is 286 g/mol. The van der Waals surface area contributed by atoms with E-state index in [9.17, 15) is 10.2 Å². The van der Waals surface area contributed by atoms with Gasteiger partial charge in [-0.1, -0.05) is 18.2 Å². The highest BCUT2D eigenvalue weighted by Crippen LogP contribution is 2.36. The summed E-state index contributed by atoms with van der Waals surface area (Å²) in [6.45, 7) is 0.876. The fraction of sp³-hybridized carbons (Fsp3) is 0.312. The summed E-state index contributed by atoms with van der Waals surface area (Å²) in [5.74, 6) is 0.939. The Balaban J connectivity index is 1.87. The minimum absolute atomic E-state index is 0.0407. The minimum Gasteiger partial charge on any atom is -0.506 e. The Morgan fingerprint density at radius 2 is 2.10 bits per heavy atom. The second-order valence-corrected chi connectivity index (χ2v) is 5.16. The van der Waals surface area contributed by atoms with E-state index in [0.29, 0.717) is 25.3 Å². The number of ether oxygens (including phenoxy) is 1. The molecule has 2 aromatic rings. The molecule has 1 aromatic heterocycles. The summed E-state index contributed by atoms with van der Waals surface area (Å²) in [5.41, 5.74) is 0.933. The van der Waals surface area contributed by atoms with Gasteiger partial charge in [0.1, 0.15) is 11.5 Å². The number of aliphatic hydroxyl groups excluding tert-OH is 1. The van der Waals surface area contributed by atoms with Gasteiger partial charge in [-0.15, -0.1) is 0 Å². The topological polar surface area (TPSA) is 74.6 Å². The maximum Gasteiger partial charge on any atom is 0.138 e. The Kier molecular flexibility index (Phi) is 3.77. The molecule has 1 atom stereocenters. The standard InChI is InChI=1S/C16H18N2O3/c19-11-16(18-10-13-14(20)5-3-8-17-13)7-9-21-15-6-2-1-4-12(15)16/h1-6,8,18-20H,7,9-11H2. The van der Waals surface area contributed by atoms with Crippen molar-refractivity contribution < 1.29 is 14.9 Å². The first-order valence-electron chi connectivity index (χ1n) is 6.96. The van der Waals surface area contributed by atoms with E-state index in [1.54, 1.807) is 18.3 Å². The van der Waals surface area contributed by atoms with Crippen LogP contribution in [-0.4, -0.2) is 28.4 Å². The number of para-hydroxylation sites is 1. The van der Waals surface area contributed by atoms with Crippen LogP contribution in [0.15, 0.2) is 42.6 Å². The number of nitrogens with one attached hydrogen (secondary N) is 1. The van der Waals surface area contributed by atoms with E-state index < -0.39 is 5.54 Å². The largest absolute Gasteiger partial charge is 0.506 e.